The van der Waals surface area contributed by atoms with Gasteiger partial charge in [-0.3, -0.25) is 14.7 Å². The summed E-state index contributed by atoms with van der Waals surface area (Å²) in [5.74, 6) is -0.0219. The number of ether oxygens (including phenoxy) is 1. The molecule has 0 saturated carbocycles. The third-order valence-electron chi connectivity index (χ3n) is 7.30. The van der Waals surface area contributed by atoms with Gasteiger partial charge in [-0.2, -0.15) is 5.10 Å². The number of benzene rings is 2. The topological polar surface area (TPSA) is 78.5 Å². The van der Waals surface area contributed by atoms with Crippen molar-refractivity contribution >= 4 is 22.7 Å². The highest BCUT2D eigenvalue weighted by Crippen LogP contribution is 2.43. The number of aromatic amines is 1. The fraction of sp³-hybridized carbons (Fsp3) is 0.400. The van der Waals surface area contributed by atoms with Crippen LogP contribution < -0.4 is 0 Å². The molecule has 7 heteroatoms. The highest BCUT2D eigenvalue weighted by molar-refractivity contribution is 5.98. The molecule has 3 aliphatic heterocycles. The fourth-order valence-electron chi connectivity index (χ4n) is 5.57. The van der Waals surface area contributed by atoms with Crippen molar-refractivity contribution in [1.82, 2.24) is 20.0 Å². The maximum Gasteiger partial charge on any atom is 0.253 e. The summed E-state index contributed by atoms with van der Waals surface area (Å²) in [6, 6.07) is 13.9. The molecule has 164 valence electrons. The van der Waals surface area contributed by atoms with E-state index < -0.39 is 0 Å². The van der Waals surface area contributed by atoms with Crippen LogP contribution in [0.1, 0.15) is 40.7 Å². The molecule has 32 heavy (non-hydrogen) atoms. The number of fused-ring (bicyclic) bond motifs is 3. The highest BCUT2D eigenvalue weighted by Gasteiger charge is 2.47. The zero-order chi connectivity index (χ0) is 21.7. The van der Waals surface area contributed by atoms with Crippen LogP contribution in [0.2, 0.25) is 0 Å². The van der Waals surface area contributed by atoms with E-state index in [0.717, 1.165) is 30.2 Å². The van der Waals surface area contributed by atoms with Crippen LogP contribution in [0, 0.1) is 5.92 Å². The number of hydrogen-bond donors (Lipinski definition) is 1. The molecule has 1 N–H and O–H groups in total. The molecule has 3 aliphatic rings. The van der Waals surface area contributed by atoms with Crippen LogP contribution in [0.4, 0.5) is 0 Å². The number of nitrogens with one attached hydrogen (secondary N) is 1. The first-order valence-electron chi connectivity index (χ1n) is 11.4. The first-order valence-corrected chi connectivity index (χ1v) is 11.4. The monoisotopic (exact) mass is 430 g/mol. The summed E-state index contributed by atoms with van der Waals surface area (Å²) in [6.07, 6.45) is 4.22. The summed E-state index contributed by atoms with van der Waals surface area (Å²) in [4.78, 5) is 30.4. The molecule has 2 unspecified atom stereocenters. The Bertz CT molecular complexity index is 1200. The van der Waals surface area contributed by atoms with E-state index in [1.807, 2.05) is 40.1 Å². The predicted octanol–water partition coefficient (Wildman–Crippen LogP) is 3.07. The molecule has 3 aromatic rings. The number of carbonyl (C=O) groups is 2. The average molecular weight is 431 g/mol. The Morgan fingerprint density at radius 2 is 2.03 bits per heavy atom. The quantitative estimate of drug-likeness (QED) is 0.678. The molecule has 7 nitrogen and oxygen atoms in total. The van der Waals surface area contributed by atoms with Crippen LogP contribution in [-0.2, 0) is 21.7 Å². The Kier molecular flexibility index (Phi) is 4.54. The molecule has 0 radical (unpaired) electrons. The largest absolute Gasteiger partial charge is 0.364 e. The molecular weight excluding hydrogens is 404 g/mol. The van der Waals surface area contributed by atoms with E-state index in [0.29, 0.717) is 38.3 Å². The van der Waals surface area contributed by atoms with Crippen molar-refractivity contribution in [2.75, 3.05) is 26.2 Å². The van der Waals surface area contributed by atoms with Gasteiger partial charge in [-0.1, -0.05) is 24.3 Å². The van der Waals surface area contributed by atoms with Gasteiger partial charge in [-0.25, -0.2) is 0 Å². The molecule has 2 atom stereocenters. The first-order chi connectivity index (χ1) is 15.6. The molecule has 4 heterocycles. The maximum atomic E-state index is 13.4. The van der Waals surface area contributed by atoms with Gasteiger partial charge in [0.15, 0.2) is 0 Å². The SMILES string of the molecule is O=C(c1ccc2[nH]ncc2c1)N1CCCC(C(=O)N2CCC3(C2)OCc2ccccc23)C1. The minimum atomic E-state index is -0.365. The highest BCUT2D eigenvalue weighted by atomic mass is 16.5. The lowest BCUT2D eigenvalue weighted by Crippen LogP contribution is -2.47. The number of rotatable bonds is 2. The van der Waals surface area contributed by atoms with Crippen molar-refractivity contribution < 1.29 is 14.3 Å². The van der Waals surface area contributed by atoms with Crippen molar-refractivity contribution in [3.05, 3.63) is 65.4 Å². The number of H-pyrrole nitrogens is 1. The van der Waals surface area contributed by atoms with Crippen LogP contribution in [0.3, 0.4) is 0 Å². The number of aromatic nitrogens is 2. The van der Waals surface area contributed by atoms with Gasteiger partial charge in [0.2, 0.25) is 5.91 Å². The molecule has 2 amide bonds. The molecule has 2 aromatic carbocycles. The maximum absolute atomic E-state index is 13.4. The van der Waals surface area contributed by atoms with Gasteiger partial charge in [0.25, 0.3) is 5.91 Å². The predicted molar refractivity (Wildman–Crippen MR) is 119 cm³/mol. The van der Waals surface area contributed by atoms with Crippen LogP contribution in [0.25, 0.3) is 10.9 Å². The lowest BCUT2D eigenvalue weighted by atomic mass is 9.91. The minimum absolute atomic E-state index is 0.0171. The minimum Gasteiger partial charge on any atom is -0.364 e. The van der Waals surface area contributed by atoms with Crippen molar-refractivity contribution in [2.24, 2.45) is 5.92 Å². The molecular formula is C25H26N4O3. The lowest BCUT2D eigenvalue weighted by molar-refractivity contribution is -0.137. The summed E-state index contributed by atoms with van der Waals surface area (Å²) >= 11 is 0. The standard InChI is InChI=1S/C25H26N4O3/c30-23(17-7-8-22-20(12-17)13-26-27-22)28-10-3-5-18(14-28)24(31)29-11-9-25(16-29)21-6-2-1-4-19(21)15-32-25/h1-2,4,6-8,12-13,18H,3,5,9-11,14-16H2,(H,26,27). The van der Waals surface area contributed by atoms with Crippen molar-refractivity contribution in [1.29, 1.82) is 0 Å². The van der Waals surface area contributed by atoms with Crippen LogP contribution in [0.15, 0.2) is 48.7 Å². The number of nitrogens with zero attached hydrogens (tertiary/aromatic N) is 3. The molecule has 1 spiro atoms. The van der Waals surface area contributed by atoms with E-state index in [1.54, 1.807) is 6.20 Å². The summed E-state index contributed by atoms with van der Waals surface area (Å²) < 4.78 is 6.22. The molecule has 2 fully saturated rings. The molecule has 6 rings (SSSR count). The van der Waals surface area contributed by atoms with Gasteiger partial charge in [-0.05, 0) is 48.6 Å². The molecule has 0 bridgehead atoms. The molecule has 2 saturated heterocycles. The number of hydrogen-bond acceptors (Lipinski definition) is 4. The van der Waals surface area contributed by atoms with Gasteiger partial charge < -0.3 is 14.5 Å². The Hall–Kier alpha value is -3.19. The van der Waals surface area contributed by atoms with Crippen LogP contribution >= 0.6 is 0 Å². The zero-order valence-corrected chi connectivity index (χ0v) is 17.9. The number of likely N-dealkylation sites (tertiary alicyclic amines) is 2. The Labute approximate surface area is 186 Å². The van der Waals surface area contributed by atoms with Crippen molar-refractivity contribution in [3.8, 4) is 0 Å². The number of piperidine rings is 1. The van der Waals surface area contributed by atoms with Gasteiger partial charge in [0, 0.05) is 30.6 Å². The van der Waals surface area contributed by atoms with E-state index in [-0.39, 0.29) is 23.3 Å². The third kappa shape index (κ3) is 3.11. The van der Waals surface area contributed by atoms with Crippen LogP contribution in [0.5, 0.6) is 0 Å². The Morgan fingerprint density at radius 1 is 1.12 bits per heavy atom. The lowest BCUT2D eigenvalue weighted by Gasteiger charge is -2.34. The number of amides is 2. The second-order valence-corrected chi connectivity index (χ2v) is 9.21. The molecule has 0 aliphatic carbocycles. The average Bonchev–Trinajstić information content (AvgIpc) is 3.57. The Balaban J connectivity index is 1.16. The summed E-state index contributed by atoms with van der Waals surface area (Å²) in [7, 11) is 0. The zero-order valence-electron chi connectivity index (χ0n) is 17.9. The van der Waals surface area contributed by atoms with E-state index in [1.165, 1.54) is 11.1 Å². The van der Waals surface area contributed by atoms with E-state index >= 15 is 0 Å². The number of carbonyl (C=O) groups excluding carboxylic acids is 2. The normalized spacial score (nSPS) is 24.9. The summed E-state index contributed by atoms with van der Waals surface area (Å²) in [6.45, 7) is 3.08. The van der Waals surface area contributed by atoms with Gasteiger partial charge >= 0.3 is 0 Å². The van der Waals surface area contributed by atoms with Gasteiger partial charge in [0.05, 0.1) is 30.8 Å². The van der Waals surface area contributed by atoms with E-state index in [2.05, 4.69) is 22.3 Å². The van der Waals surface area contributed by atoms with Crippen molar-refractivity contribution in [3.63, 3.8) is 0 Å². The Morgan fingerprint density at radius 3 is 2.97 bits per heavy atom. The van der Waals surface area contributed by atoms with E-state index in [4.69, 9.17) is 4.74 Å². The molecule has 1 aromatic heterocycles. The first kappa shape index (κ1) is 19.5. The fourth-order valence-corrected chi connectivity index (χ4v) is 5.57. The van der Waals surface area contributed by atoms with Gasteiger partial charge in [0.1, 0.15) is 5.60 Å². The summed E-state index contributed by atoms with van der Waals surface area (Å²) in [5, 5.41) is 7.85. The summed E-state index contributed by atoms with van der Waals surface area (Å²) in [5.41, 5.74) is 3.64. The van der Waals surface area contributed by atoms with Gasteiger partial charge in [-0.15, -0.1) is 0 Å². The van der Waals surface area contributed by atoms with E-state index in [9.17, 15) is 9.59 Å². The van der Waals surface area contributed by atoms with Crippen LogP contribution in [-0.4, -0.2) is 58.0 Å². The second-order valence-electron chi connectivity index (χ2n) is 9.21. The second kappa shape index (κ2) is 7.45. The third-order valence-corrected chi connectivity index (χ3v) is 7.30. The smallest absolute Gasteiger partial charge is 0.253 e. The van der Waals surface area contributed by atoms with Crippen molar-refractivity contribution in [2.45, 2.75) is 31.5 Å².